The Labute approximate surface area is 178 Å². The van der Waals surface area contributed by atoms with Gasteiger partial charge in [-0.15, -0.1) is 0 Å². The highest BCUT2D eigenvalue weighted by Gasteiger charge is 2.21. The van der Waals surface area contributed by atoms with Crippen molar-refractivity contribution in [2.24, 2.45) is 0 Å². The third-order valence-electron chi connectivity index (χ3n) is 5.16. The molecule has 148 valence electrons. The van der Waals surface area contributed by atoms with Gasteiger partial charge in [-0.2, -0.15) is 0 Å². The van der Waals surface area contributed by atoms with Gasteiger partial charge in [-0.05, 0) is 47.7 Å². The summed E-state index contributed by atoms with van der Waals surface area (Å²) in [5.74, 6) is -0.222. The molecule has 4 rings (SSSR count). The first-order valence-corrected chi connectivity index (χ1v) is 10.3. The molecule has 7 heteroatoms. The molecule has 4 N–H and O–H groups in total. The number of halogens is 1. The zero-order valence-electron chi connectivity index (χ0n) is 16.1. The summed E-state index contributed by atoms with van der Waals surface area (Å²) in [6.07, 6.45) is 3.68. The Morgan fingerprint density at radius 1 is 1.21 bits per heavy atom. The topological polar surface area (TPSA) is 92.9 Å². The lowest BCUT2D eigenvalue weighted by atomic mass is 10.1. The molecular weight excluding hydrogens is 430 g/mol. The van der Waals surface area contributed by atoms with Gasteiger partial charge in [0, 0.05) is 29.7 Å². The Bertz CT molecular complexity index is 1070. The second-order valence-electron chi connectivity index (χ2n) is 7.17. The first-order valence-electron chi connectivity index (χ1n) is 9.48. The second kappa shape index (κ2) is 8.31. The summed E-state index contributed by atoms with van der Waals surface area (Å²) in [5, 5.41) is 6.20. The highest BCUT2D eigenvalue weighted by atomic mass is 79.9. The Hall–Kier alpha value is -2.77. The van der Waals surface area contributed by atoms with Gasteiger partial charge in [0.1, 0.15) is 0 Å². The summed E-state index contributed by atoms with van der Waals surface area (Å²) >= 11 is 3.55. The van der Waals surface area contributed by atoms with Crippen molar-refractivity contribution in [2.75, 3.05) is 12.8 Å². The fourth-order valence-corrected chi connectivity index (χ4v) is 4.07. The molecule has 1 aliphatic carbocycles. The van der Waals surface area contributed by atoms with E-state index in [0.29, 0.717) is 11.7 Å². The van der Waals surface area contributed by atoms with Gasteiger partial charge in [0.05, 0.1) is 11.9 Å². The van der Waals surface area contributed by atoms with Crippen LogP contribution >= 0.6 is 15.9 Å². The molecule has 29 heavy (non-hydrogen) atoms. The third kappa shape index (κ3) is 4.31. The van der Waals surface area contributed by atoms with Crippen molar-refractivity contribution in [3.05, 3.63) is 75.5 Å². The fraction of sp³-hybridized carbons (Fsp3) is 0.227. The number of carbonyl (C=O) groups is 1. The van der Waals surface area contributed by atoms with E-state index in [4.69, 9.17) is 5.73 Å². The van der Waals surface area contributed by atoms with Crippen LogP contribution in [0.5, 0.6) is 0 Å². The first kappa shape index (κ1) is 19.5. The normalized spacial score (nSPS) is 15.2. The smallest absolute Gasteiger partial charge is 0.273 e. The van der Waals surface area contributed by atoms with E-state index >= 15 is 0 Å². The number of benzene rings is 2. The molecule has 1 aromatic heterocycles. The number of nitrogens with zero attached hydrogens (tertiary/aromatic N) is 2. The summed E-state index contributed by atoms with van der Waals surface area (Å²) in [6.45, 7) is 0.762. The van der Waals surface area contributed by atoms with Crippen LogP contribution in [0.25, 0.3) is 11.3 Å². The predicted octanol–water partition coefficient (Wildman–Crippen LogP) is 3.10. The zero-order valence-corrected chi connectivity index (χ0v) is 17.7. The fourth-order valence-electron chi connectivity index (χ4n) is 3.66. The predicted molar refractivity (Wildman–Crippen MR) is 117 cm³/mol. The molecule has 0 saturated carbocycles. The molecule has 1 atom stereocenters. The Balaban J connectivity index is 1.47. The average Bonchev–Trinajstić information content (AvgIpc) is 3.14. The zero-order chi connectivity index (χ0) is 20.4. The molecule has 0 saturated heterocycles. The monoisotopic (exact) mass is 451 g/mol. The number of hydrogen-bond donors (Lipinski definition) is 3. The minimum atomic E-state index is -0.345. The number of fused-ring (bicyclic) bond motifs is 1. The quantitative estimate of drug-likeness (QED) is 0.553. The maximum absolute atomic E-state index is 11.9. The largest absolute Gasteiger partial charge is 0.382 e. The van der Waals surface area contributed by atoms with Gasteiger partial charge in [-0.1, -0.05) is 40.2 Å². The number of nitrogen functional groups attached to an aromatic ring is 1. The lowest BCUT2D eigenvalue weighted by molar-refractivity contribution is 0.0959. The van der Waals surface area contributed by atoms with Gasteiger partial charge in [-0.25, -0.2) is 9.97 Å². The molecule has 0 aliphatic heterocycles. The van der Waals surface area contributed by atoms with E-state index in [-0.39, 0.29) is 17.4 Å². The van der Waals surface area contributed by atoms with Crippen molar-refractivity contribution < 1.29 is 4.79 Å². The van der Waals surface area contributed by atoms with Crippen molar-refractivity contribution in [1.82, 2.24) is 20.6 Å². The third-order valence-corrected chi connectivity index (χ3v) is 5.65. The number of anilines is 1. The van der Waals surface area contributed by atoms with E-state index in [9.17, 15) is 4.79 Å². The van der Waals surface area contributed by atoms with E-state index < -0.39 is 0 Å². The molecule has 0 unspecified atom stereocenters. The van der Waals surface area contributed by atoms with Gasteiger partial charge in [0.2, 0.25) is 0 Å². The number of aromatic nitrogens is 2. The van der Waals surface area contributed by atoms with Crippen LogP contribution in [0.1, 0.15) is 27.2 Å². The standard InChI is InChI=1S/C22H22BrN5O/c1-25-22(29)20-21(24)27-12-19(28-20)15-4-2-3-13(7-15)11-26-18-9-14-5-6-17(23)8-16(14)10-18/h2-8,12,18,26H,9-11H2,1H3,(H2,24,27)(H,25,29)/t18-/m0/s1. The van der Waals surface area contributed by atoms with E-state index in [0.717, 1.165) is 35.0 Å². The van der Waals surface area contributed by atoms with Crippen LogP contribution in [0.3, 0.4) is 0 Å². The Morgan fingerprint density at radius 3 is 2.86 bits per heavy atom. The lowest BCUT2D eigenvalue weighted by Gasteiger charge is -2.13. The van der Waals surface area contributed by atoms with Crippen molar-refractivity contribution in [2.45, 2.75) is 25.4 Å². The maximum Gasteiger partial charge on any atom is 0.273 e. The molecular formula is C22H22BrN5O. The molecule has 0 spiro atoms. The summed E-state index contributed by atoms with van der Waals surface area (Å²) in [5.41, 5.74) is 11.4. The summed E-state index contributed by atoms with van der Waals surface area (Å²) in [6, 6.07) is 15.0. The molecule has 0 bridgehead atoms. The first-order chi connectivity index (χ1) is 14.0. The minimum absolute atomic E-state index is 0.123. The van der Waals surface area contributed by atoms with Crippen molar-refractivity contribution >= 4 is 27.7 Å². The molecule has 3 aromatic rings. The van der Waals surface area contributed by atoms with Crippen LogP contribution in [0, 0.1) is 0 Å². The minimum Gasteiger partial charge on any atom is -0.382 e. The van der Waals surface area contributed by atoms with Crippen LogP contribution < -0.4 is 16.4 Å². The van der Waals surface area contributed by atoms with Crippen LogP contribution in [0.4, 0.5) is 5.82 Å². The summed E-state index contributed by atoms with van der Waals surface area (Å²) < 4.78 is 1.13. The Kier molecular flexibility index (Phi) is 5.60. The molecule has 2 aromatic carbocycles. The molecule has 1 aliphatic rings. The van der Waals surface area contributed by atoms with E-state index in [1.54, 1.807) is 13.2 Å². The highest BCUT2D eigenvalue weighted by Crippen LogP contribution is 2.26. The average molecular weight is 452 g/mol. The number of nitrogens with one attached hydrogen (secondary N) is 2. The van der Waals surface area contributed by atoms with Crippen molar-refractivity contribution in [3.63, 3.8) is 0 Å². The Morgan fingerprint density at radius 2 is 2.03 bits per heavy atom. The van der Waals surface area contributed by atoms with Crippen LogP contribution in [0.2, 0.25) is 0 Å². The highest BCUT2D eigenvalue weighted by molar-refractivity contribution is 9.10. The lowest BCUT2D eigenvalue weighted by Crippen LogP contribution is -2.28. The number of carbonyl (C=O) groups excluding carboxylic acids is 1. The van der Waals surface area contributed by atoms with Crippen LogP contribution in [-0.4, -0.2) is 29.0 Å². The van der Waals surface area contributed by atoms with Crippen molar-refractivity contribution in [3.8, 4) is 11.3 Å². The van der Waals surface area contributed by atoms with Crippen LogP contribution in [0.15, 0.2) is 53.1 Å². The summed E-state index contributed by atoms with van der Waals surface area (Å²) in [4.78, 5) is 20.5. The van der Waals surface area contributed by atoms with E-state index in [2.05, 4.69) is 66.9 Å². The van der Waals surface area contributed by atoms with Gasteiger partial charge in [-0.3, -0.25) is 4.79 Å². The molecule has 0 radical (unpaired) electrons. The van der Waals surface area contributed by atoms with Gasteiger partial charge >= 0.3 is 0 Å². The van der Waals surface area contributed by atoms with Gasteiger partial charge < -0.3 is 16.4 Å². The van der Waals surface area contributed by atoms with Gasteiger partial charge in [0.15, 0.2) is 11.5 Å². The number of hydrogen-bond acceptors (Lipinski definition) is 5. The maximum atomic E-state index is 11.9. The molecule has 1 heterocycles. The SMILES string of the molecule is CNC(=O)c1nc(-c2cccc(CN[C@H]3Cc4ccc(Br)cc4C3)c2)cnc1N. The number of rotatable bonds is 5. The molecule has 0 fully saturated rings. The van der Waals surface area contributed by atoms with E-state index in [1.165, 1.54) is 11.1 Å². The number of nitrogens with two attached hydrogens (primary N) is 1. The number of amides is 1. The van der Waals surface area contributed by atoms with E-state index in [1.807, 2.05) is 12.1 Å². The van der Waals surface area contributed by atoms with Gasteiger partial charge in [0.25, 0.3) is 5.91 Å². The van der Waals surface area contributed by atoms with Crippen molar-refractivity contribution in [1.29, 1.82) is 0 Å². The molecule has 1 amide bonds. The second-order valence-corrected chi connectivity index (χ2v) is 8.08. The molecule has 6 nitrogen and oxygen atoms in total. The van der Waals surface area contributed by atoms with Crippen LogP contribution in [-0.2, 0) is 19.4 Å². The summed E-state index contributed by atoms with van der Waals surface area (Å²) in [7, 11) is 1.54.